The van der Waals surface area contributed by atoms with Crippen LogP contribution in [0, 0.1) is 5.92 Å². The van der Waals surface area contributed by atoms with Crippen molar-refractivity contribution in [3.63, 3.8) is 0 Å². The average Bonchev–Trinajstić information content (AvgIpc) is 2.31. The molecule has 5 heteroatoms. The third-order valence-electron chi connectivity index (χ3n) is 2.75. The van der Waals surface area contributed by atoms with Crippen molar-refractivity contribution in [2.45, 2.75) is 26.3 Å². The zero-order valence-electron chi connectivity index (χ0n) is 9.84. The number of carbonyl (C=O) groups is 1. The van der Waals surface area contributed by atoms with E-state index < -0.39 is 6.04 Å². The molecule has 2 unspecified atom stereocenters. The van der Waals surface area contributed by atoms with Crippen LogP contribution in [0.4, 0.5) is 5.69 Å². The van der Waals surface area contributed by atoms with Crippen LogP contribution >= 0.6 is 23.2 Å². The number of anilines is 1. The number of benzene rings is 1. The molecule has 1 amide bonds. The first-order valence-electron chi connectivity index (χ1n) is 5.47. The molecule has 94 valence electrons. The number of nitrogens with one attached hydrogen (secondary N) is 1. The average molecular weight is 275 g/mol. The fourth-order valence-electron chi connectivity index (χ4n) is 1.31. The van der Waals surface area contributed by atoms with Crippen LogP contribution < -0.4 is 11.1 Å². The molecule has 1 aromatic rings. The third-order valence-corrected chi connectivity index (χ3v) is 3.49. The monoisotopic (exact) mass is 274 g/mol. The summed E-state index contributed by atoms with van der Waals surface area (Å²) in [4.78, 5) is 11.8. The Hall–Kier alpha value is -0.770. The van der Waals surface area contributed by atoms with Gasteiger partial charge in [-0.2, -0.15) is 0 Å². The van der Waals surface area contributed by atoms with Gasteiger partial charge in [0.2, 0.25) is 5.91 Å². The van der Waals surface area contributed by atoms with Crippen molar-refractivity contribution in [3.8, 4) is 0 Å². The molecule has 0 fully saturated rings. The molecule has 1 rings (SSSR count). The van der Waals surface area contributed by atoms with Crippen molar-refractivity contribution in [3.05, 3.63) is 28.2 Å². The molecule has 17 heavy (non-hydrogen) atoms. The fraction of sp³-hybridized carbons (Fsp3) is 0.417. The number of carbonyl (C=O) groups excluding carboxylic acids is 1. The highest BCUT2D eigenvalue weighted by Crippen LogP contribution is 2.25. The van der Waals surface area contributed by atoms with E-state index in [4.69, 9.17) is 28.9 Å². The van der Waals surface area contributed by atoms with Gasteiger partial charge in [-0.3, -0.25) is 4.79 Å². The van der Waals surface area contributed by atoms with Crippen LogP contribution in [0.5, 0.6) is 0 Å². The molecule has 2 atom stereocenters. The lowest BCUT2D eigenvalue weighted by atomic mass is 9.99. The predicted octanol–water partition coefficient (Wildman–Crippen LogP) is 3.31. The highest BCUT2D eigenvalue weighted by Gasteiger charge is 2.19. The van der Waals surface area contributed by atoms with E-state index in [0.29, 0.717) is 15.7 Å². The van der Waals surface area contributed by atoms with Crippen LogP contribution in [0.2, 0.25) is 10.0 Å². The summed E-state index contributed by atoms with van der Waals surface area (Å²) in [5.74, 6) is -0.0736. The Kier molecular flexibility index (Phi) is 5.25. The standard InChI is InChI=1S/C12H16Cl2N2O/c1-3-7(2)11(15)12(17)16-8-4-5-9(13)10(14)6-8/h4-7,11H,3,15H2,1-2H3,(H,16,17). The Morgan fingerprint density at radius 2 is 2.06 bits per heavy atom. The number of halogens is 2. The summed E-state index contributed by atoms with van der Waals surface area (Å²) in [6.07, 6.45) is 0.857. The Morgan fingerprint density at radius 1 is 1.41 bits per heavy atom. The third kappa shape index (κ3) is 3.87. The van der Waals surface area contributed by atoms with E-state index in [0.717, 1.165) is 6.42 Å². The molecule has 0 aromatic heterocycles. The Bertz CT molecular complexity index is 409. The summed E-state index contributed by atoms with van der Waals surface area (Å²) in [5, 5.41) is 3.58. The molecule has 3 N–H and O–H groups in total. The smallest absolute Gasteiger partial charge is 0.241 e. The van der Waals surface area contributed by atoms with Gasteiger partial charge in [0.1, 0.15) is 0 Å². The Morgan fingerprint density at radius 3 is 2.59 bits per heavy atom. The molecule has 0 aliphatic carbocycles. The molecule has 0 bridgehead atoms. The van der Waals surface area contributed by atoms with Gasteiger partial charge >= 0.3 is 0 Å². The normalized spacial score (nSPS) is 14.2. The van der Waals surface area contributed by atoms with Gasteiger partial charge in [0, 0.05) is 5.69 Å². The van der Waals surface area contributed by atoms with E-state index in [1.807, 2.05) is 13.8 Å². The van der Waals surface area contributed by atoms with Crippen LogP contribution in [-0.2, 0) is 4.79 Å². The van der Waals surface area contributed by atoms with Gasteiger partial charge in [0.05, 0.1) is 16.1 Å². The molecule has 1 aromatic carbocycles. The van der Waals surface area contributed by atoms with E-state index in [1.165, 1.54) is 0 Å². The van der Waals surface area contributed by atoms with Crippen molar-refractivity contribution in [2.24, 2.45) is 11.7 Å². The first-order chi connectivity index (χ1) is 7.95. The fourth-order valence-corrected chi connectivity index (χ4v) is 1.61. The van der Waals surface area contributed by atoms with Crippen molar-refractivity contribution >= 4 is 34.8 Å². The number of nitrogens with two attached hydrogens (primary N) is 1. The van der Waals surface area contributed by atoms with Gasteiger partial charge < -0.3 is 11.1 Å². The van der Waals surface area contributed by atoms with Crippen LogP contribution in [0.15, 0.2) is 18.2 Å². The van der Waals surface area contributed by atoms with E-state index in [2.05, 4.69) is 5.32 Å². The molecular weight excluding hydrogens is 259 g/mol. The molecule has 0 radical (unpaired) electrons. The first kappa shape index (κ1) is 14.3. The maximum absolute atomic E-state index is 11.8. The number of amides is 1. The minimum absolute atomic E-state index is 0.137. The van der Waals surface area contributed by atoms with Gasteiger partial charge in [-0.1, -0.05) is 43.5 Å². The lowest BCUT2D eigenvalue weighted by Crippen LogP contribution is -2.40. The Balaban J connectivity index is 2.71. The van der Waals surface area contributed by atoms with Crippen molar-refractivity contribution in [1.82, 2.24) is 0 Å². The number of hydrogen-bond acceptors (Lipinski definition) is 2. The summed E-state index contributed by atoms with van der Waals surface area (Å²) in [6.45, 7) is 3.94. The van der Waals surface area contributed by atoms with E-state index in [9.17, 15) is 4.79 Å². The molecule has 0 aliphatic heterocycles. The van der Waals surface area contributed by atoms with E-state index >= 15 is 0 Å². The first-order valence-corrected chi connectivity index (χ1v) is 6.22. The number of hydrogen-bond donors (Lipinski definition) is 2. The van der Waals surface area contributed by atoms with Gasteiger partial charge in [-0.15, -0.1) is 0 Å². The molecule has 0 spiro atoms. The SMILES string of the molecule is CCC(C)C(N)C(=O)Nc1ccc(Cl)c(Cl)c1. The minimum Gasteiger partial charge on any atom is -0.325 e. The summed E-state index contributed by atoms with van der Waals surface area (Å²) in [6, 6.07) is 4.41. The maximum atomic E-state index is 11.8. The lowest BCUT2D eigenvalue weighted by Gasteiger charge is -2.17. The highest BCUT2D eigenvalue weighted by molar-refractivity contribution is 6.42. The molecule has 0 saturated heterocycles. The van der Waals surface area contributed by atoms with E-state index in [1.54, 1.807) is 18.2 Å². The van der Waals surface area contributed by atoms with Crippen molar-refractivity contribution in [1.29, 1.82) is 0 Å². The molecule has 3 nitrogen and oxygen atoms in total. The quantitative estimate of drug-likeness (QED) is 0.885. The largest absolute Gasteiger partial charge is 0.325 e. The summed E-state index contributed by atoms with van der Waals surface area (Å²) in [7, 11) is 0. The van der Waals surface area contributed by atoms with Gasteiger partial charge in [0.25, 0.3) is 0 Å². The Labute approximate surface area is 111 Å². The topological polar surface area (TPSA) is 55.1 Å². The second-order valence-electron chi connectivity index (χ2n) is 4.03. The van der Waals surface area contributed by atoms with Crippen LogP contribution in [0.1, 0.15) is 20.3 Å². The second kappa shape index (κ2) is 6.24. The molecule has 0 heterocycles. The highest BCUT2D eigenvalue weighted by atomic mass is 35.5. The molecular formula is C12H16Cl2N2O. The van der Waals surface area contributed by atoms with Gasteiger partial charge in [0.15, 0.2) is 0 Å². The number of rotatable bonds is 4. The zero-order valence-corrected chi connectivity index (χ0v) is 11.3. The second-order valence-corrected chi connectivity index (χ2v) is 4.84. The van der Waals surface area contributed by atoms with Crippen molar-refractivity contribution in [2.75, 3.05) is 5.32 Å². The summed E-state index contributed by atoms with van der Waals surface area (Å²) in [5.41, 5.74) is 6.42. The van der Waals surface area contributed by atoms with Crippen LogP contribution in [0.25, 0.3) is 0 Å². The van der Waals surface area contributed by atoms with Gasteiger partial charge in [-0.25, -0.2) is 0 Å². The van der Waals surface area contributed by atoms with E-state index in [-0.39, 0.29) is 11.8 Å². The maximum Gasteiger partial charge on any atom is 0.241 e. The summed E-state index contributed by atoms with van der Waals surface area (Å²) >= 11 is 11.6. The van der Waals surface area contributed by atoms with Crippen LogP contribution in [-0.4, -0.2) is 11.9 Å². The molecule has 0 saturated carbocycles. The lowest BCUT2D eigenvalue weighted by molar-refractivity contribution is -0.118. The van der Waals surface area contributed by atoms with Crippen molar-refractivity contribution < 1.29 is 4.79 Å². The predicted molar refractivity (Wildman–Crippen MR) is 72.5 cm³/mol. The summed E-state index contributed by atoms with van der Waals surface area (Å²) < 4.78 is 0. The molecule has 0 aliphatic rings. The van der Waals surface area contributed by atoms with Crippen LogP contribution in [0.3, 0.4) is 0 Å². The van der Waals surface area contributed by atoms with Gasteiger partial charge in [-0.05, 0) is 24.1 Å². The zero-order chi connectivity index (χ0) is 13.0. The minimum atomic E-state index is -0.519.